The predicted molar refractivity (Wildman–Crippen MR) is 96.3 cm³/mol. The molecule has 3 aromatic heterocycles. The van der Waals surface area contributed by atoms with Crippen LogP contribution in [0.3, 0.4) is 0 Å². The van der Waals surface area contributed by atoms with Gasteiger partial charge in [0.05, 0.1) is 10.6 Å². The third kappa shape index (κ3) is 2.77. The molecule has 1 aliphatic carbocycles. The Hall–Kier alpha value is -1.67. The Morgan fingerprint density at radius 3 is 2.92 bits per heavy atom. The summed E-state index contributed by atoms with van der Waals surface area (Å²) < 4.78 is 5.23. The number of nitrogens with two attached hydrogens (primary N) is 1. The summed E-state index contributed by atoms with van der Waals surface area (Å²) in [6.07, 6.45) is 3.41. The Balaban J connectivity index is 1.68. The lowest BCUT2D eigenvalue weighted by Gasteiger charge is -2.17. The lowest BCUT2D eigenvalue weighted by Crippen LogP contribution is -2.09. The highest BCUT2D eigenvalue weighted by atomic mass is 32.2. The fraction of sp³-hybridized carbons (Fsp3) is 0.500. The van der Waals surface area contributed by atoms with Gasteiger partial charge in [0.25, 0.3) is 0 Å². The zero-order chi connectivity index (χ0) is 16.8. The molecule has 6 nitrogen and oxygen atoms in total. The van der Waals surface area contributed by atoms with Gasteiger partial charge in [-0.3, -0.25) is 0 Å². The molecule has 0 radical (unpaired) electrons. The van der Waals surface area contributed by atoms with E-state index in [2.05, 4.69) is 22.0 Å². The topological polar surface area (TPSA) is 90.7 Å². The normalized spacial score (nSPS) is 18.7. The van der Waals surface area contributed by atoms with Gasteiger partial charge >= 0.3 is 0 Å². The first kappa shape index (κ1) is 15.8. The molecule has 0 saturated carbocycles. The highest BCUT2D eigenvalue weighted by Gasteiger charge is 2.24. The fourth-order valence-corrected chi connectivity index (χ4v) is 5.35. The van der Waals surface area contributed by atoms with Crippen molar-refractivity contribution in [1.29, 1.82) is 0 Å². The molecular formula is C16H19N5OS2. The summed E-state index contributed by atoms with van der Waals surface area (Å²) in [5.74, 6) is 2.53. The largest absolute Gasteiger partial charge is 0.383 e. The van der Waals surface area contributed by atoms with Crippen molar-refractivity contribution in [2.24, 2.45) is 5.92 Å². The molecule has 3 heterocycles. The smallest absolute Gasteiger partial charge is 0.239 e. The number of anilines is 1. The maximum absolute atomic E-state index is 6.27. The SMILES string of the molecule is Cc1noc(C(C)Sc2nc(N)c3c4c(sc3n2)CC(C)CC4)n1. The van der Waals surface area contributed by atoms with Gasteiger partial charge in [-0.25, -0.2) is 9.97 Å². The number of fused-ring (bicyclic) bond motifs is 3. The van der Waals surface area contributed by atoms with Gasteiger partial charge in [0.15, 0.2) is 11.0 Å². The Labute approximate surface area is 148 Å². The van der Waals surface area contributed by atoms with E-state index in [1.807, 2.05) is 13.8 Å². The Bertz CT molecular complexity index is 903. The van der Waals surface area contributed by atoms with Gasteiger partial charge < -0.3 is 10.3 Å². The molecule has 0 bridgehead atoms. The second-order valence-corrected chi connectivity index (χ2v) is 8.75. The second-order valence-electron chi connectivity index (χ2n) is 6.36. The maximum atomic E-state index is 6.27. The van der Waals surface area contributed by atoms with Crippen molar-refractivity contribution in [3.8, 4) is 0 Å². The summed E-state index contributed by atoms with van der Waals surface area (Å²) in [6.45, 7) is 6.11. The van der Waals surface area contributed by atoms with Gasteiger partial charge in [0.2, 0.25) is 5.89 Å². The standard InChI is InChI=1S/C16H19N5OS2/c1-7-4-5-10-11(6-7)24-15-12(10)13(17)19-16(20-15)23-8(2)14-18-9(3)21-22-14/h7-8H,4-6H2,1-3H3,(H2,17,19,20). The number of hydrogen-bond acceptors (Lipinski definition) is 8. The number of hydrogen-bond donors (Lipinski definition) is 1. The number of aromatic nitrogens is 4. The molecule has 126 valence electrons. The van der Waals surface area contributed by atoms with Crippen LogP contribution in [0.1, 0.15) is 47.7 Å². The first-order valence-corrected chi connectivity index (χ1v) is 9.75. The van der Waals surface area contributed by atoms with Gasteiger partial charge in [-0.05, 0) is 44.6 Å². The van der Waals surface area contributed by atoms with E-state index in [1.54, 1.807) is 11.3 Å². The first-order chi connectivity index (χ1) is 11.5. The fourth-order valence-electron chi connectivity index (χ4n) is 3.09. The van der Waals surface area contributed by atoms with Crippen molar-refractivity contribution < 1.29 is 4.52 Å². The van der Waals surface area contributed by atoms with Crippen LogP contribution in [0.2, 0.25) is 0 Å². The highest BCUT2D eigenvalue weighted by Crippen LogP contribution is 2.41. The van der Waals surface area contributed by atoms with Crippen molar-refractivity contribution in [3.05, 3.63) is 22.2 Å². The Kier molecular flexibility index (Phi) is 3.96. The van der Waals surface area contributed by atoms with E-state index in [0.717, 1.165) is 29.0 Å². The molecule has 0 aromatic carbocycles. The lowest BCUT2D eigenvalue weighted by atomic mass is 9.89. The zero-order valence-corrected chi connectivity index (χ0v) is 15.5. The van der Waals surface area contributed by atoms with Crippen molar-refractivity contribution in [2.75, 3.05) is 5.73 Å². The van der Waals surface area contributed by atoms with E-state index in [0.29, 0.717) is 22.7 Å². The Morgan fingerprint density at radius 1 is 1.33 bits per heavy atom. The summed E-state index contributed by atoms with van der Waals surface area (Å²) in [6, 6.07) is 0. The average Bonchev–Trinajstić information content (AvgIpc) is 3.10. The van der Waals surface area contributed by atoms with E-state index in [4.69, 9.17) is 15.2 Å². The van der Waals surface area contributed by atoms with E-state index in [1.165, 1.54) is 28.6 Å². The van der Waals surface area contributed by atoms with Crippen molar-refractivity contribution in [3.63, 3.8) is 0 Å². The Morgan fingerprint density at radius 2 is 2.17 bits per heavy atom. The molecule has 1 aliphatic rings. The summed E-state index contributed by atoms with van der Waals surface area (Å²) >= 11 is 3.26. The van der Waals surface area contributed by atoms with Gasteiger partial charge in [0.1, 0.15) is 10.6 Å². The van der Waals surface area contributed by atoms with Crippen LogP contribution in [0.4, 0.5) is 5.82 Å². The van der Waals surface area contributed by atoms with Crippen LogP contribution in [0, 0.1) is 12.8 Å². The van der Waals surface area contributed by atoms with Crippen molar-refractivity contribution in [1.82, 2.24) is 20.1 Å². The van der Waals surface area contributed by atoms with E-state index in [9.17, 15) is 0 Å². The average molecular weight is 361 g/mol. The summed E-state index contributed by atoms with van der Waals surface area (Å²) in [5.41, 5.74) is 7.63. The molecule has 3 aromatic rings. The van der Waals surface area contributed by atoms with Crippen LogP contribution in [-0.2, 0) is 12.8 Å². The molecule has 0 fully saturated rings. The molecule has 0 amide bonds. The van der Waals surface area contributed by atoms with Gasteiger partial charge in [-0.2, -0.15) is 4.98 Å². The van der Waals surface area contributed by atoms with E-state index in [-0.39, 0.29) is 5.25 Å². The van der Waals surface area contributed by atoms with Crippen LogP contribution in [0.5, 0.6) is 0 Å². The minimum atomic E-state index is -0.0161. The molecule has 4 rings (SSSR count). The minimum absolute atomic E-state index is 0.0161. The van der Waals surface area contributed by atoms with E-state index < -0.39 is 0 Å². The monoisotopic (exact) mass is 361 g/mol. The molecular weight excluding hydrogens is 342 g/mol. The molecule has 2 N–H and O–H groups in total. The third-order valence-corrected chi connectivity index (χ3v) is 6.43. The molecule has 2 atom stereocenters. The van der Waals surface area contributed by atoms with Crippen molar-refractivity contribution >= 4 is 39.1 Å². The molecule has 0 spiro atoms. The number of rotatable bonds is 3. The van der Waals surface area contributed by atoms with Crippen molar-refractivity contribution in [2.45, 2.75) is 50.4 Å². The minimum Gasteiger partial charge on any atom is -0.383 e. The summed E-state index contributed by atoms with van der Waals surface area (Å²) in [4.78, 5) is 16.0. The first-order valence-electron chi connectivity index (χ1n) is 8.06. The van der Waals surface area contributed by atoms with Gasteiger partial charge in [-0.15, -0.1) is 11.3 Å². The number of thioether (sulfide) groups is 1. The number of nitrogens with zero attached hydrogens (tertiary/aromatic N) is 4. The molecule has 0 saturated heterocycles. The molecule has 8 heteroatoms. The molecule has 0 aliphatic heterocycles. The highest BCUT2D eigenvalue weighted by molar-refractivity contribution is 7.99. The van der Waals surface area contributed by atoms with Crippen LogP contribution >= 0.6 is 23.1 Å². The van der Waals surface area contributed by atoms with Crippen LogP contribution in [0.25, 0.3) is 10.2 Å². The van der Waals surface area contributed by atoms with Crippen LogP contribution in [-0.4, -0.2) is 20.1 Å². The lowest BCUT2D eigenvalue weighted by molar-refractivity contribution is 0.376. The quantitative estimate of drug-likeness (QED) is 0.558. The molecule has 2 unspecified atom stereocenters. The number of nitrogen functional groups attached to an aromatic ring is 1. The van der Waals surface area contributed by atoms with Crippen LogP contribution in [0.15, 0.2) is 9.68 Å². The number of thiophene rings is 1. The molecule has 24 heavy (non-hydrogen) atoms. The predicted octanol–water partition coefficient (Wildman–Crippen LogP) is 3.94. The second kappa shape index (κ2) is 6.00. The van der Waals surface area contributed by atoms with Gasteiger partial charge in [0, 0.05) is 4.88 Å². The zero-order valence-electron chi connectivity index (χ0n) is 13.9. The third-order valence-electron chi connectivity index (χ3n) is 4.34. The maximum Gasteiger partial charge on any atom is 0.239 e. The number of aryl methyl sites for hydroxylation is 2. The summed E-state index contributed by atoms with van der Waals surface area (Å²) in [7, 11) is 0. The van der Waals surface area contributed by atoms with E-state index >= 15 is 0 Å². The van der Waals surface area contributed by atoms with Gasteiger partial charge in [-0.1, -0.05) is 23.8 Å². The van der Waals surface area contributed by atoms with Crippen LogP contribution < -0.4 is 5.73 Å². The summed E-state index contributed by atoms with van der Waals surface area (Å²) in [5, 5.41) is 5.54.